The number of esters is 1. The second-order valence-corrected chi connectivity index (χ2v) is 3.46. The van der Waals surface area contributed by atoms with Gasteiger partial charge in [-0.1, -0.05) is 0 Å². The summed E-state index contributed by atoms with van der Waals surface area (Å²) in [5.74, 6) is 0.0693. The molecule has 1 heterocycles. The predicted molar refractivity (Wildman–Crippen MR) is 62.9 cm³/mol. The van der Waals surface area contributed by atoms with Gasteiger partial charge >= 0.3 is 5.97 Å². The molecule has 1 unspecified atom stereocenters. The minimum absolute atomic E-state index is 0.0427. The molecule has 0 saturated heterocycles. The van der Waals surface area contributed by atoms with Gasteiger partial charge in [-0.15, -0.1) is 0 Å². The van der Waals surface area contributed by atoms with Crippen molar-refractivity contribution in [1.29, 1.82) is 0 Å². The molecule has 1 aromatic heterocycles. The molecule has 0 saturated carbocycles. The monoisotopic (exact) mass is 239 g/mol. The van der Waals surface area contributed by atoms with Gasteiger partial charge in [-0.3, -0.25) is 0 Å². The maximum Gasteiger partial charge on any atom is 0.376 e. The average Bonchev–Trinajstić information content (AvgIpc) is 2.35. The summed E-state index contributed by atoms with van der Waals surface area (Å²) in [6, 6.07) is 1.80. The number of nitrogens with zero attached hydrogens (tertiary/aromatic N) is 2. The largest absolute Gasteiger partial charge is 0.463 e. The van der Waals surface area contributed by atoms with Crippen LogP contribution in [0.3, 0.4) is 0 Å². The molecule has 1 atom stereocenters. The van der Waals surface area contributed by atoms with Gasteiger partial charge in [0.2, 0.25) is 5.82 Å². The number of carbonyl (C=O) groups is 1. The minimum Gasteiger partial charge on any atom is -0.463 e. The second-order valence-electron chi connectivity index (χ2n) is 3.46. The van der Waals surface area contributed by atoms with Crippen molar-refractivity contribution in [2.45, 2.75) is 19.9 Å². The molecule has 17 heavy (non-hydrogen) atoms. The fourth-order valence-electron chi connectivity index (χ4n) is 1.22. The van der Waals surface area contributed by atoms with Crippen LogP contribution in [0, 0.1) is 0 Å². The maximum atomic E-state index is 11.2. The summed E-state index contributed by atoms with van der Waals surface area (Å²) >= 11 is 0. The van der Waals surface area contributed by atoms with E-state index in [-0.39, 0.29) is 11.9 Å². The van der Waals surface area contributed by atoms with Crippen molar-refractivity contribution in [1.82, 2.24) is 9.97 Å². The molecule has 1 aromatic rings. The fraction of sp³-hybridized carbons (Fsp3) is 0.545. The molecule has 0 aliphatic carbocycles. The van der Waals surface area contributed by atoms with Crippen molar-refractivity contribution in [3.63, 3.8) is 0 Å². The molecular weight excluding hydrogens is 222 g/mol. The van der Waals surface area contributed by atoms with Gasteiger partial charge in [0.25, 0.3) is 0 Å². The van der Waals surface area contributed by atoms with E-state index in [1.54, 1.807) is 6.07 Å². The van der Waals surface area contributed by atoms with Gasteiger partial charge in [-0.2, -0.15) is 0 Å². The van der Waals surface area contributed by atoms with Gasteiger partial charge in [0.1, 0.15) is 5.82 Å². The van der Waals surface area contributed by atoms with Gasteiger partial charge in [0.15, 0.2) is 0 Å². The number of carbonyl (C=O) groups excluding carboxylic acids is 1. The van der Waals surface area contributed by atoms with Crippen LogP contribution < -0.4 is 5.32 Å². The summed E-state index contributed by atoms with van der Waals surface area (Å²) in [6.07, 6.45) is 1.51. The van der Waals surface area contributed by atoms with E-state index in [2.05, 4.69) is 20.0 Å². The Morgan fingerprint density at radius 1 is 1.59 bits per heavy atom. The van der Waals surface area contributed by atoms with Crippen molar-refractivity contribution in [2.24, 2.45) is 0 Å². The Labute approximate surface area is 100 Å². The van der Waals surface area contributed by atoms with Gasteiger partial charge in [-0.25, -0.2) is 14.8 Å². The molecule has 1 N–H and O–H groups in total. The van der Waals surface area contributed by atoms with Crippen LogP contribution in [0.2, 0.25) is 0 Å². The number of anilines is 1. The number of hydrogen-bond acceptors (Lipinski definition) is 6. The summed E-state index contributed by atoms with van der Waals surface area (Å²) in [4.78, 5) is 19.1. The van der Waals surface area contributed by atoms with Gasteiger partial charge in [0.05, 0.1) is 13.7 Å². The smallest absolute Gasteiger partial charge is 0.376 e. The van der Waals surface area contributed by atoms with E-state index in [1.807, 2.05) is 13.8 Å². The Morgan fingerprint density at radius 3 is 3.00 bits per heavy atom. The highest BCUT2D eigenvalue weighted by molar-refractivity contribution is 5.85. The standard InChI is InChI=1S/C11H17N3O3/c1-4-17-7-8(2)13-9-5-6-12-10(14-9)11(15)16-3/h5-6,8H,4,7H2,1-3H3,(H,12,13,14). The topological polar surface area (TPSA) is 73.3 Å². The molecule has 0 aliphatic rings. The first-order valence-corrected chi connectivity index (χ1v) is 5.43. The molecule has 0 aliphatic heterocycles. The van der Waals surface area contributed by atoms with E-state index >= 15 is 0 Å². The Bertz CT molecular complexity index is 371. The van der Waals surface area contributed by atoms with E-state index in [4.69, 9.17) is 4.74 Å². The summed E-state index contributed by atoms with van der Waals surface area (Å²) in [6.45, 7) is 5.15. The summed E-state index contributed by atoms with van der Waals surface area (Å²) < 4.78 is 9.81. The van der Waals surface area contributed by atoms with Crippen molar-refractivity contribution < 1.29 is 14.3 Å². The first-order valence-electron chi connectivity index (χ1n) is 5.43. The lowest BCUT2D eigenvalue weighted by Crippen LogP contribution is -2.23. The van der Waals surface area contributed by atoms with E-state index < -0.39 is 5.97 Å². The minimum atomic E-state index is -0.550. The summed E-state index contributed by atoms with van der Waals surface area (Å²) in [5, 5.41) is 3.11. The van der Waals surface area contributed by atoms with Crippen LogP contribution in [0.1, 0.15) is 24.5 Å². The first kappa shape index (κ1) is 13.4. The molecule has 0 aromatic carbocycles. The molecule has 0 amide bonds. The van der Waals surface area contributed by atoms with Crippen LogP contribution >= 0.6 is 0 Å². The zero-order chi connectivity index (χ0) is 12.7. The molecule has 0 fully saturated rings. The molecular formula is C11H17N3O3. The van der Waals surface area contributed by atoms with Crippen LogP contribution in [-0.2, 0) is 9.47 Å². The number of rotatable bonds is 6. The fourth-order valence-corrected chi connectivity index (χ4v) is 1.22. The summed E-state index contributed by atoms with van der Waals surface area (Å²) in [5.41, 5.74) is 0. The number of nitrogens with one attached hydrogen (secondary N) is 1. The van der Waals surface area contributed by atoms with Gasteiger partial charge in [-0.05, 0) is 19.9 Å². The lowest BCUT2D eigenvalue weighted by Gasteiger charge is -2.14. The Balaban J connectivity index is 2.62. The number of aromatic nitrogens is 2. The zero-order valence-corrected chi connectivity index (χ0v) is 10.3. The zero-order valence-electron chi connectivity index (χ0n) is 10.3. The third-order valence-corrected chi connectivity index (χ3v) is 1.99. The summed E-state index contributed by atoms with van der Waals surface area (Å²) in [7, 11) is 1.30. The van der Waals surface area contributed by atoms with Crippen molar-refractivity contribution >= 4 is 11.8 Å². The predicted octanol–water partition coefficient (Wildman–Crippen LogP) is 1.10. The third-order valence-electron chi connectivity index (χ3n) is 1.99. The Morgan fingerprint density at radius 2 is 2.35 bits per heavy atom. The van der Waals surface area contributed by atoms with Crippen molar-refractivity contribution in [3.05, 3.63) is 18.1 Å². The molecule has 6 nitrogen and oxygen atoms in total. The maximum absolute atomic E-state index is 11.2. The van der Waals surface area contributed by atoms with Crippen LogP contribution in [0.15, 0.2) is 12.3 Å². The lowest BCUT2D eigenvalue weighted by molar-refractivity contribution is 0.0587. The highest BCUT2D eigenvalue weighted by Crippen LogP contribution is 2.05. The number of hydrogen-bond donors (Lipinski definition) is 1. The van der Waals surface area contributed by atoms with Crippen LogP contribution in [-0.4, -0.2) is 42.3 Å². The third kappa shape index (κ3) is 4.36. The van der Waals surface area contributed by atoms with Gasteiger partial charge in [0, 0.05) is 18.8 Å². The van der Waals surface area contributed by atoms with Crippen molar-refractivity contribution in [2.75, 3.05) is 25.6 Å². The Hall–Kier alpha value is -1.69. The molecule has 1 rings (SSSR count). The highest BCUT2D eigenvalue weighted by Gasteiger charge is 2.10. The van der Waals surface area contributed by atoms with Crippen LogP contribution in [0.25, 0.3) is 0 Å². The first-order chi connectivity index (χ1) is 8.17. The van der Waals surface area contributed by atoms with Gasteiger partial charge < -0.3 is 14.8 Å². The van der Waals surface area contributed by atoms with E-state index in [0.717, 1.165) is 0 Å². The highest BCUT2D eigenvalue weighted by atomic mass is 16.5. The van der Waals surface area contributed by atoms with E-state index in [9.17, 15) is 4.79 Å². The molecule has 6 heteroatoms. The molecule has 0 radical (unpaired) electrons. The molecule has 0 spiro atoms. The van der Waals surface area contributed by atoms with Crippen LogP contribution in [0.5, 0.6) is 0 Å². The average molecular weight is 239 g/mol. The normalized spacial score (nSPS) is 11.9. The number of methoxy groups -OCH3 is 1. The molecule has 94 valence electrons. The van der Waals surface area contributed by atoms with E-state index in [0.29, 0.717) is 19.0 Å². The number of ether oxygens (including phenoxy) is 2. The SMILES string of the molecule is CCOCC(C)Nc1ccnc(C(=O)OC)n1. The van der Waals surface area contributed by atoms with Crippen LogP contribution in [0.4, 0.5) is 5.82 Å². The molecule has 0 bridgehead atoms. The lowest BCUT2D eigenvalue weighted by atomic mass is 10.3. The van der Waals surface area contributed by atoms with Crippen molar-refractivity contribution in [3.8, 4) is 0 Å². The quantitative estimate of drug-likeness (QED) is 0.749. The Kier molecular flexibility index (Phi) is 5.35. The van der Waals surface area contributed by atoms with E-state index in [1.165, 1.54) is 13.3 Å². The second kappa shape index (κ2) is 6.80.